The van der Waals surface area contributed by atoms with Crippen molar-refractivity contribution in [3.8, 4) is 11.8 Å². The zero-order valence-corrected chi connectivity index (χ0v) is 14.2. The maximum atomic E-state index is 12.5. The SMILES string of the molecule is CCOC(=O)C1=C(C)OC(N)=C(C#N)C1c1cccc(C2CC2)c1O. The highest BCUT2D eigenvalue weighted by Gasteiger charge is 2.39. The van der Waals surface area contributed by atoms with E-state index in [1.54, 1.807) is 19.9 Å². The van der Waals surface area contributed by atoms with Gasteiger partial charge in [-0.3, -0.25) is 0 Å². The summed E-state index contributed by atoms with van der Waals surface area (Å²) in [7, 11) is 0. The summed E-state index contributed by atoms with van der Waals surface area (Å²) >= 11 is 0. The molecule has 3 N–H and O–H groups in total. The van der Waals surface area contributed by atoms with Crippen molar-refractivity contribution in [1.29, 1.82) is 5.26 Å². The number of ether oxygens (including phenoxy) is 2. The number of hydrogen-bond donors (Lipinski definition) is 2. The second kappa shape index (κ2) is 6.52. The predicted molar refractivity (Wildman–Crippen MR) is 90.1 cm³/mol. The molecule has 1 aromatic rings. The first-order chi connectivity index (χ1) is 12.0. The molecule has 1 aliphatic carbocycles. The van der Waals surface area contributed by atoms with Crippen LogP contribution in [0.25, 0.3) is 0 Å². The molecule has 6 heteroatoms. The summed E-state index contributed by atoms with van der Waals surface area (Å²) in [6.45, 7) is 3.49. The predicted octanol–water partition coefficient (Wildman–Crippen LogP) is 2.91. The van der Waals surface area contributed by atoms with Gasteiger partial charge in [0.2, 0.25) is 5.88 Å². The Morgan fingerprint density at radius 2 is 2.12 bits per heavy atom. The minimum absolute atomic E-state index is 0.0609. The van der Waals surface area contributed by atoms with Gasteiger partial charge in [0.05, 0.1) is 18.1 Å². The Balaban J connectivity index is 2.17. The highest BCUT2D eigenvalue weighted by Crippen LogP contribution is 2.49. The Kier molecular flexibility index (Phi) is 4.41. The summed E-state index contributed by atoms with van der Waals surface area (Å²) in [4.78, 5) is 12.5. The number of rotatable bonds is 4. The zero-order valence-electron chi connectivity index (χ0n) is 14.2. The van der Waals surface area contributed by atoms with Gasteiger partial charge in [-0.2, -0.15) is 5.26 Å². The number of para-hydroxylation sites is 1. The number of allylic oxidation sites excluding steroid dienone is 2. The van der Waals surface area contributed by atoms with Gasteiger partial charge in [-0.15, -0.1) is 0 Å². The number of nitrogens with two attached hydrogens (primary N) is 1. The van der Waals surface area contributed by atoms with E-state index in [1.807, 2.05) is 18.2 Å². The fraction of sp³-hybridized carbons (Fsp3) is 0.368. The monoisotopic (exact) mass is 340 g/mol. The highest BCUT2D eigenvalue weighted by atomic mass is 16.5. The molecule has 0 amide bonds. The standard InChI is InChI=1S/C19H20N2O4/c1-3-24-19(23)15-10(2)25-18(21)14(9-20)16(15)13-6-4-5-12(17(13)22)11-7-8-11/h4-6,11,16,22H,3,7-8,21H2,1-2H3. The molecule has 0 saturated heterocycles. The molecule has 2 aliphatic rings. The van der Waals surface area contributed by atoms with Gasteiger partial charge in [-0.25, -0.2) is 4.79 Å². The van der Waals surface area contributed by atoms with Crippen LogP contribution >= 0.6 is 0 Å². The lowest BCUT2D eigenvalue weighted by Gasteiger charge is -2.27. The van der Waals surface area contributed by atoms with Crippen LogP contribution in [0.15, 0.2) is 41.0 Å². The van der Waals surface area contributed by atoms with E-state index in [-0.39, 0.29) is 35.1 Å². The van der Waals surface area contributed by atoms with Crippen molar-refractivity contribution >= 4 is 5.97 Å². The molecule has 130 valence electrons. The van der Waals surface area contributed by atoms with Crippen molar-refractivity contribution in [3.63, 3.8) is 0 Å². The van der Waals surface area contributed by atoms with Crippen LogP contribution < -0.4 is 5.73 Å². The third kappa shape index (κ3) is 2.93. The Morgan fingerprint density at radius 3 is 2.72 bits per heavy atom. The fourth-order valence-electron chi connectivity index (χ4n) is 3.20. The first-order valence-corrected chi connectivity index (χ1v) is 8.26. The first-order valence-electron chi connectivity index (χ1n) is 8.26. The number of aromatic hydroxyl groups is 1. The molecular formula is C19H20N2O4. The molecule has 1 heterocycles. The third-order valence-corrected chi connectivity index (χ3v) is 4.53. The minimum atomic E-state index is -0.809. The number of esters is 1. The smallest absolute Gasteiger partial charge is 0.338 e. The Hall–Kier alpha value is -2.94. The molecule has 1 aromatic carbocycles. The molecule has 1 saturated carbocycles. The van der Waals surface area contributed by atoms with Gasteiger partial charge in [0.1, 0.15) is 23.2 Å². The topological polar surface area (TPSA) is 106 Å². The second-order valence-electron chi connectivity index (χ2n) is 6.17. The van der Waals surface area contributed by atoms with Crippen LogP contribution in [0.5, 0.6) is 5.75 Å². The molecule has 0 spiro atoms. The van der Waals surface area contributed by atoms with Gasteiger partial charge in [0.15, 0.2) is 0 Å². The van der Waals surface area contributed by atoms with Crippen LogP contribution in [0.1, 0.15) is 49.7 Å². The lowest BCUT2D eigenvalue weighted by molar-refractivity contribution is -0.139. The van der Waals surface area contributed by atoms with E-state index in [1.165, 1.54) is 0 Å². The van der Waals surface area contributed by atoms with Crippen LogP contribution in [0.2, 0.25) is 0 Å². The van der Waals surface area contributed by atoms with E-state index < -0.39 is 11.9 Å². The minimum Gasteiger partial charge on any atom is -0.507 e. The number of nitrogens with zero attached hydrogens (tertiary/aromatic N) is 1. The highest BCUT2D eigenvalue weighted by molar-refractivity contribution is 5.92. The second-order valence-corrected chi connectivity index (χ2v) is 6.17. The van der Waals surface area contributed by atoms with Gasteiger partial charge in [-0.05, 0) is 38.2 Å². The molecule has 1 fully saturated rings. The van der Waals surface area contributed by atoms with Gasteiger partial charge in [-0.1, -0.05) is 18.2 Å². The summed E-state index contributed by atoms with van der Waals surface area (Å²) in [5, 5.41) is 20.3. The molecule has 3 rings (SSSR count). The first kappa shape index (κ1) is 16.9. The number of carbonyl (C=O) groups is 1. The van der Waals surface area contributed by atoms with E-state index in [2.05, 4.69) is 0 Å². The molecule has 1 atom stereocenters. The Morgan fingerprint density at radius 1 is 1.44 bits per heavy atom. The quantitative estimate of drug-likeness (QED) is 0.816. The van der Waals surface area contributed by atoms with Crippen LogP contribution in [-0.4, -0.2) is 17.7 Å². The van der Waals surface area contributed by atoms with E-state index in [0.717, 1.165) is 18.4 Å². The number of phenolic OH excluding ortho intramolecular Hbond substituents is 1. The zero-order chi connectivity index (χ0) is 18.1. The van der Waals surface area contributed by atoms with E-state index in [4.69, 9.17) is 15.2 Å². The van der Waals surface area contributed by atoms with Crippen molar-refractivity contribution < 1.29 is 19.4 Å². The number of nitriles is 1. The van der Waals surface area contributed by atoms with Crippen molar-refractivity contribution in [1.82, 2.24) is 0 Å². The van der Waals surface area contributed by atoms with Crippen molar-refractivity contribution in [2.45, 2.75) is 38.5 Å². The molecule has 1 aliphatic heterocycles. The van der Waals surface area contributed by atoms with E-state index in [0.29, 0.717) is 11.5 Å². The lowest BCUT2D eigenvalue weighted by Crippen LogP contribution is -2.25. The van der Waals surface area contributed by atoms with E-state index >= 15 is 0 Å². The van der Waals surface area contributed by atoms with Gasteiger partial charge >= 0.3 is 5.97 Å². The maximum Gasteiger partial charge on any atom is 0.338 e. The van der Waals surface area contributed by atoms with Crippen molar-refractivity contribution in [2.24, 2.45) is 5.73 Å². The molecule has 0 bridgehead atoms. The van der Waals surface area contributed by atoms with Gasteiger partial charge in [0.25, 0.3) is 0 Å². The average Bonchev–Trinajstić information content (AvgIpc) is 3.39. The van der Waals surface area contributed by atoms with Crippen molar-refractivity contribution in [3.05, 3.63) is 52.1 Å². The van der Waals surface area contributed by atoms with Crippen LogP contribution in [0.3, 0.4) is 0 Å². The number of carbonyl (C=O) groups excluding carboxylic acids is 1. The number of benzene rings is 1. The summed E-state index contributed by atoms with van der Waals surface area (Å²) in [5.74, 6) is -0.752. The molecule has 0 radical (unpaired) electrons. The largest absolute Gasteiger partial charge is 0.507 e. The molecule has 1 unspecified atom stereocenters. The average molecular weight is 340 g/mol. The summed E-state index contributed by atoms with van der Waals surface area (Å²) < 4.78 is 10.5. The maximum absolute atomic E-state index is 12.5. The fourth-order valence-corrected chi connectivity index (χ4v) is 3.20. The molecule has 0 aromatic heterocycles. The van der Waals surface area contributed by atoms with Crippen LogP contribution in [0.4, 0.5) is 0 Å². The van der Waals surface area contributed by atoms with Gasteiger partial charge in [0, 0.05) is 5.56 Å². The molecular weight excluding hydrogens is 320 g/mol. The normalized spacial score (nSPS) is 20.1. The molecule has 6 nitrogen and oxygen atoms in total. The van der Waals surface area contributed by atoms with Crippen molar-refractivity contribution in [2.75, 3.05) is 6.61 Å². The Labute approximate surface area is 146 Å². The van der Waals surface area contributed by atoms with E-state index in [9.17, 15) is 15.2 Å². The van der Waals surface area contributed by atoms with Gasteiger partial charge < -0.3 is 20.3 Å². The lowest BCUT2D eigenvalue weighted by atomic mass is 9.81. The van der Waals surface area contributed by atoms with Crippen LogP contribution in [0, 0.1) is 11.3 Å². The number of hydrogen-bond acceptors (Lipinski definition) is 6. The molecule has 25 heavy (non-hydrogen) atoms. The van der Waals surface area contributed by atoms with Crippen LogP contribution in [-0.2, 0) is 14.3 Å². The third-order valence-electron chi connectivity index (χ3n) is 4.53. The summed E-state index contributed by atoms with van der Waals surface area (Å²) in [6, 6.07) is 7.41. The summed E-state index contributed by atoms with van der Waals surface area (Å²) in [5.41, 5.74) is 7.46. The summed E-state index contributed by atoms with van der Waals surface area (Å²) in [6.07, 6.45) is 2.04. The Bertz CT molecular complexity index is 828. The number of phenols is 1.